The summed E-state index contributed by atoms with van der Waals surface area (Å²) in [4.78, 5) is 28.1. The molecule has 1 saturated heterocycles. The average Bonchev–Trinajstić information content (AvgIpc) is 3.37. The van der Waals surface area contributed by atoms with Crippen molar-refractivity contribution in [1.82, 2.24) is 9.80 Å². The van der Waals surface area contributed by atoms with Crippen molar-refractivity contribution in [3.63, 3.8) is 0 Å². The van der Waals surface area contributed by atoms with Gasteiger partial charge in [-0.3, -0.25) is 14.5 Å². The van der Waals surface area contributed by atoms with Crippen molar-refractivity contribution >= 4 is 40.7 Å². The molecule has 0 spiro atoms. The fourth-order valence-electron chi connectivity index (χ4n) is 2.71. The molecule has 0 radical (unpaired) electrons. The first-order valence-electron chi connectivity index (χ1n) is 7.79. The van der Waals surface area contributed by atoms with Gasteiger partial charge in [0.05, 0.1) is 22.3 Å². The van der Waals surface area contributed by atoms with Gasteiger partial charge in [0.1, 0.15) is 0 Å². The molecule has 1 aliphatic carbocycles. The Labute approximate surface area is 145 Å². The van der Waals surface area contributed by atoms with Gasteiger partial charge in [0, 0.05) is 32.1 Å². The van der Waals surface area contributed by atoms with Crippen LogP contribution in [0.25, 0.3) is 0 Å². The Hall–Kier alpha value is -1.30. The number of halogens is 2. The Morgan fingerprint density at radius 2 is 1.83 bits per heavy atom. The highest BCUT2D eigenvalue weighted by atomic mass is 35.5. The number of benzene rings is 1. The number of hydrogen-bond acceptors (Lipinski definition) is 3. The van der Waals surface area contributed by atoms with Gasteiger partial charge in [0.2, 0.25) is 11.8 Å². The number of carbonyl (C=O) groups is 2. The van der Waals surface area contributed by atoms with E-state index >= 15 is 0 Å². The minimum absolute atomic E-state index is 0.129. The monoisotopic (exact) mass is 355 g/mol. The van der Waals surface area contributed by atoms with Crippen molar-refractivity contribution in [1.29, 1.82) is 0 Å². The van der Waals surface area contributed by atoms with Gasteiger partial charge >= 0.3 is 0 Å². The maximum atomic E-state index is 12.1. The van der Waals surface area contributed by atoms with E-state index in [1.807, 2.05) is 9.80 Å². The Morgan fingerprint density at radius 1 is 1.13 bits per heavy atom. The summed E-state index contributed by atoms with van der Waals surface area (Å²) in [6, 6.07) is 5.14. The quantitative estimate of drug-likeness (QED) is 0.902. The highest BCUT2D eigenvalue weighted by molar-refractivity contribution is 6.44. The van der Waals surface area contributed by atoms with Crippen molar-refractivity contribution in [3.05, 3.63) is 28.2 Å². The standard InChI is InChI=1S/C16H19Cl2N3O2/c17-12-2-1-3-13(15(12)18)19-14(22)10-20-6-8-21(9-7-20)16(23)11-4-5-11/h1-3,11H,4-10H2,(H,19,22). The average molecular weight is 356 g/mol. The van der Waals surface area contributed by atoms with Crippen LogP contribution in [0.1, 0.15) is 12.8 Å². The predicted octanol–water partition coefficient (Wildman–Crippen LogP) is 2.49. The third-order valence-corrected chi connectivity index (χ3v) is 5.02. The minimum atomic E-state index is -0.129. The molecule has 0 unspecified atom stereocenters. The fourth-order valence-corrected chi connectivity index (χ4v) is 3.06. The Morgan fingerprint density at radius 3 is 2.48 bits per heavy atom. The molecule has 2 amide bonds. The van der Waals surface area contributed by atoms with E-state index in [1.54, 1.807) is 18.2 Å². The van der Waals surface area contributed by atoms with Gasteiger partial charge in [-0.1, -0.05) is 29.3 Å². The van der Waals surface area contributed by atoms with E-state index in [0.717, 1.165) is 25.9 Å². The van der Waals surface area contributed by atoms with Gasteiger partial charge in [-0.25, -0.2) is 0 Å². The van der Waals surface area contributed by atoms with Crippen molar-refractivity contribution in [2.45, 2.75) is 12.8 Å². The molecule has 124 valence electrons. The number of hydrogen-bond donors (Lipinski definition) is 1. The second-order valence-electron chi connectivity index (χ2n) is 6.03. The first-order chi connectivity index (χ1) is 11.0. The molecule has 0 aromatic heterocycles. The number of carbonyl (C=O) groups excluding carboxylic acids is 2. The van der Waals surface area contributed by atoms with Crippen LogP contribution in [0.2, 0.25) is 10.0 Å². The van der Waals surface area contributed by atoms with Crippen LogP contribution in [0.4, 0.5) is 5.69 Å². The summed E-state index contributed by atoms with van der Waals surface area (Å²) >= 11 is 12.0. The SMILES string of the molecule is O=C(CN1CCN(C(=O)C2CC2)CC1)Nc1cccc(Cl)c1Cl. The molecular formula is C16H19Cl2N3O2. The van der Waals surface area contributed by atoms with Crippen molar-refractivity contribution in [3.8, 4) is 0 Å². The lowest BCUT2D eigenvalue weighted by Crippen LogP contribution is -2.50. The molecule has 1 heterocycles. The number of nitrogens with one attached hydrogen (secondary N) is 1. The van der Waals surface area contributed by atoms with Crippen molar-refractivity contribution in [2.24, 2.45) is 5.92 Å². The van der Waals surface area contributed by atoms with E-state index in [2.05, 4.69) is 5.32 Å². The molecule has 5 nitrogen and oxygen atoms in total. The van der Waals surface area contributed by atoms with Crippen LogP contribution in [0.3, 0.4) is 0 Å². The van der Waals surface area contributed by atoms with E-state index in [0.29, 0.717) is 28.8 Å². The van der Waals surface area contributed by atoms with Crippen LogP contribution < -0.4 is 5.32 Å². The molecule has 2 aliphatic rings. The summed E-state index contributed by atoms with van der Waals surface area (Å²) in [5, 5.41) is 3.55. The predicted molar refractivity (Wildman–Crippen MR) is 90.8 cm³/mol. The van der Waals surface area contributed by atoms with Gasteiger partial charge < -0.3 is 10.2 Å². The highest BCUT2D eigenvalue weighted by Gasteiger charge is 2.34. The number of anilines is 1. The lowest BCUT2D eigenvalue weighted by atomic mass is 10.2. The molecular weight excluding hydrogens is 337 g/mol. The molecule has 0 bridgehead atoms. The van der Waals surface area contributed by atoms with Crippen LogP contribution in [0, 0.1) is 5.92 Å². The first kappa shape index (κ1) is 16.6. The van der Waals surface area contributed by atoms with Crippen LogP contribution in [0.5, 0.6) is 0 Å². The number of amides is 2. The zero-order chi connectivity index (χ0) is 16.4. The van der Waals surface area contributed by atoms with Gasteiger partial charge in [0.25, 0.3) is 0 Å². The van der Waals surface area contributed by atoms with Crippen molar-refractivity contribution < 1.29 is 9.59 Å². The molecule has 7 heteroatoms. The summed E-state index contributed by atoms with van der Waals surface area (Å²) in [5.41, 5.74) is 0.520. The van der Waals surface area contributed by atoms with E-state index in [1.165, 1.54) is 0 Å². The molecule has 2 fully saturated rings. The molecule has 0 atom stereocenters. The molecule has 1 aromatic rings. The largest absolute Gasteiger partial charge is 0.340 e. The zero-order valence-corrected chi connectivity index (χ0v) is 14.2. The topological polar surface area (TPSA) is 52.7 Å². The second kappa shape index (κ2) is 7.07. The summed E-state index contributed by atoms with van der Waals surface area (Å²) < 4.78 is 0. The lowest BCUT2D eigenvalue weighted by Gasteiger charge is -2.34. The minimum Gasteiger partial charge on any atom is -0.340 e. The molecule has 1 saturated carbocycles. The maximum absolute atomic E-state index is 12.1. The number of nitrogens with zero attached hydrogens (tertiary/aromatic N) is 2. The van der Waals surface area contributed by atoms with Crippen LogP contribution in [-0.2, 0) is 9.59 Å². The summed E-state index contributed by atoms with van der Waals surface area (Å²) in [6.07, 6.45) is 2.06. The number of rotatable bonds is 4. The first-order valence-corrected chi connectivity index (χ1v) is 8.55. The second-order valence-corrected chi connectivity index (χ2v) is 6.81. The number of piperazine rings is 1. The van der Waals surface area contributed by atoms with E-state index in [-0.39, 0.29) is 24.3 Å². The fraction of sp³-hybridized carbons (Fsp3) is 0.500. The van der Waals surface area contributed by atoms with Gasteiger partial charge in [-0.2, -0.15) is 0 Å². The van der Waals surface area contributed by atoms with E-state index in [9.17, 15) is 9.59 Å². The van der Waals surface area contributed by atoms with Gasteiger partial charge in [-0.15, -0.1) is 0 Å². The third kappa shape index (κ3) is 4.16. The molecule has 1 aromatic carbocycles. The van der Waals surface area contributed by atoms with Gasteiger partial charge in [-0.05, 0) is 25.0 Å². The summed E-state index contributed by atoms with van der Waals surface area (Å²) in [6.45, 7) is 3.11. The Kier molecular flexibility index (Phi) is 5.09. The van der Waals surface area contributed by atoms with E-state index in [4.69, 9.17) is 23.2 Å². The summed E-state index contributed by atoms with van der Waals surface area (Å²) in [5.74, 6) is 0.408. The highest BCUT2D eigenvalue weighted by Crippen LogP contribution is 2.31. The van der Waals surface area contributed by atoms with Gasteiger partial charge in [0.15, 0.2) is 0 Å². The van der Waals surface area contributed by atoms with Crippen LogP contribution >= 0.6 is 23.2 Å². The Bertz CT molecular complexity index is 611. The van der Waals surface area contributed by atoms with Crippen molar-refractivity contribution in [2.75, 3.05) is 38.0 Å². The van der Waals surface area contributed by atoms with Crippen LogP contribution in [-0.4, -0.2) is 54.3 Å². The Balaban J connectivity index is 1.47. The molecule has 1 N–H and O–H groups in total. The van der Waals surface area contributed by atoms with Crippen LogP contribution in [0.15, 0.2) is 18.2 Å². The maximum Gasteiger partial charge on any atom is 0.238 e. The normalized spacial score (nSPS) is 18.8. The molecule has 3 rings (SSSR count). The molecule has 23 heavy (non-hydrogen) atoms. The molecule has 1 aliphatic heterocycles. The lowest BCUT2D eigenvalue weighted by molar-refractivity contribution is -0.134. The van der Waals surface area contributed by atoms with E-state index < -0.39 is 0 Å². The third-order valence-electron chi connectivity index (χ3n) is 4.20. The smallest absolute Gasteiger partial charge is 0.238 e. The summed E-state index contributed by atoms with van der Waals surface area (Å²) in [7, 11) is 0. The zero-order valence-electron chi connectivity index (χ0n) is 12.7.